The monoisotopic (exact) mass is 445 g/mol. The third-order valence-electron chi connectivity index (χ3n) is 5.20. The second kappa shape index (κ2) is 8.03. The zero-order chi connectivity index (χ0) is 23.0. The number of alkyl halides is 3. The van der Waals surface area contributed by atoms with Crippen LogP contribution in [0.25, 0.3) is 10.9 Å². The van der Waals surface area contributed by atoms with Gasteiger partial charge >= 0.3 is 12.4 Å². The van der Waals surface area contributed by atoms with Gasteiger partial charge in [0.15, 0.2) is 0 Å². The number of hydrogen-bond acceptors (Lipinski definition) is 5. The molecule has 1 unspecified atom stereocenters. The molecule has 3 amide bonds. The Hall–Kier alpha value is -3.82. The molecule has 0 aliphatic carbocycles. The number of carbonyl (C=O) groups excluding carboxylic acids is 2. The molecule has 1 aliphatic heterocycles. The molecule has 0 spiro atoms. The van der Waals surface area contributed by atoms with Crippen LogP contribution in [0.2, 0.25) is 0 Å². The molecule has 0 bridgehead atoms. The molecule has 7 nitrogen and oxygen atoms in total. The van der Waals surface area contributed by atoms with E-state index in [0.717, 1.165) is 28.0 Å². The lowest BCUT2D eigenvalue weighted by molar-refractivity contribution is -0.274. The summed E-state index contributed by atoms with van der Waals surface area (Å²) < 4.78 is 46.3. The maximum atomic E-state index is 13.1. The topological polar surface area (TPSA) is 72.0 Å². The summed E-state index contributed by atoms with van der Waals surface area (Å²) in [5, 5.41) is 0.784. The standard InChI is InChI=1S/C22H18F3N3O4/c1-13-20(29)28(15-6-8-16(9-7-15)32-22(23,24)25)21(30)27(13)12-14-10-11-26-19-17(14)4-3-5-18(19)31-2/h3-11,13H,12H2,1-2H3. The fourth-order valence-corrected chi connectivity index (χ4v) is 3.64. The first-order chi connectivity index (χ1) is 15.2. The third kappa shape index (κ3) is 3.91. The van der Waals surface area contributed by atoms with E-state index in [1.807, 2.05) is 12.1 Å². The third-order valence-corrected chi connectivity index (χ3v) is 5.20. The van der Waals surface area contributed by atoms with Crippen LogP contribution < -0.4 is 14.4 Å². The molecule has 1 aromatic heterocycles. The molecule has 0 N–H and O–H groups in total. The number of imide groups is 1. The molecule has 10 heteroatoms. The molecule has 4 rings (SSSR count). The molecule has 32 heavy (non-hydrogen) atoms. The van der Waals surface area contributed by atoms with Crippen LogP contribution >= 0.6 is 0 Å². The van der Waals surface area contributed by atoms with Gasteiger partial charge in [0, 0.05) is 18.1 Å². The Balaban J connectivity index is 1.61. The molecular formula is C22H18F3N3O4. The number of benzene rings is 2. The summed E-state index contributed by atoms with van der Waals surface area (Å²) in [6.07, 6.45) is -3.23. The Morgan fingerprint density at radius 3 is 2.44 bits per heavy atom. The zero-order valence-electron chi connectivity index (χ0n) is 17.1. The normalized spacial score (nSPS) is 16.7. The molecule has 0 saturated carbocycles. The van der Waals surface area contributed by atoms with Gasteiger partial charge in [-0.15, -0.1) is 13.2 Å². The van der Waals surface area contributed by atoms with Gasteiger partial charge in [0.05, 0.1) is 12.8 Å². The van der Waals surface area contributed by atoms with E-state index in [0.29, 0.717) is 11.3 Å². The maximum Gasteiger partial charge on any atom is 0.573 e. The van der Waals surface area contributed by atoms with Crippen molar-refractivity contribution in [1.82, 2.24) is 9.88 Å². The van der Waals surface area contributed by atoms with Crippen molar-refractivity contribution in [2.45, 2.75) is 25.9 Å². The SMILES string of the molecule is COc1cccc2c(CN3C(=O)N(c4ccc(OC(F)(F)F)cc4)C(=O)C3C)ccnc12. The Morgan fingerprint density at radius 2 is 1.78 bits per heavy atom. The summed E-state index contributed by atoms with van der Waals surface area (Å²) in [6.45, 7) is 1.75. The fourth-order valence-electron chi connectivity index (χ4n) is 3.64. The first-order valence-corrected chi connectivity index (χ1v) is 9.60. The fraction of sp³-hybridized carbons (Fsp3) is 0.227. The number of anilines is 1. The molecule has 1 aliphatic rings. The molecule has 2 aromatic carbocycles. The summed E-state index contributed by atoms with van der Waals surface area (Å²) in [6, 6.07) is 10.5. The largest absolute Gasteiger partial charge is 0.573 e. The molecule has 1 atom stereocenters. The first kappa shape index (κ1) is 21.4. The van der Waals surface area contributed by atoms with Gasteiger partial charge in [0.25, 0.3) is 5.91 Å². The van der Waals surface area contributed by atoms with E-state index in [1.165, 1.54) is 24.1 Å². The van der Waals surface area contributed by atoms with Crippen molar-refractivity contribution >= 4 is 28.5 Å². The van der Waals surface area contributed by atoms with Crippen LogP contribution in [0.5, 0.6) is 11.5 Å². The van der Waals surface area contributed by atoms with Crippen LogP contribution in [0.15, 0.2) is 54.7 Å². The number of methoxy groups -OCH3 is 1. The lowest BCUT2D eigenvalue weighted by Crippen LogP contribution is -2.33. The minimum absolute atomic E-state index is 0.143. The Morgan fingerprint density at radius 1 is 1.06 bits per heavy atom. The van der Waals surface area contributed by atoms with Crippen molar-refractivity contribution in [1.29, 1.82) is 0 Å². The molecule has 166 valence electrons. The second-order valence-corrected chi connectivity index (χ2v) is 7.13. The first-order valence-electron chi connectivity index (χ1n) is 9.60. The second-order valence-electron chi connectivity index (χ2n) is 7.13. The molecule has 1 saturated heterocycles. The summed E-state index contributed by atoms with van der Waals surface area (Å²) in [7, 11) is 1.54. The number of rotatable bonds is 5. The summed E-state index contributed by atoms with van der Waals surface area (Å²) >= 11 is 0. The Labute approximate surface area is 181 Å². The predicted octanol–water partition coefficient (Wildman–Crippen LogP) is 4.50. The molecule has 1 fully saturated rings. The maximum absolute atomic E-state index is 13.1. The van der Waals surface area contributed by atoms with Crippen LogP contribution in [0, 0.1) is 0 Å². The van der Waals surface area contributed by atoms with Gasteiger partial charge in [-0.05, 0) is 48.9 Å². The van der Waals surface area contributed by atoms with Gasteiger partial charge in [0.2, 0.25) is 0 Å². The van der Waals surface area contributed by atoms with Crippen LogP contribution in [-0.4, -0.2) is 41.3 Å². The number of ether oxygens (including phenoxy) is 2. The number of urea groups is 1. The number of hydrogen-bond donors (Lipinski definition) is 0. The summed E-state index contributed by atoms with van der Waals surface area (Å²) in [5.74, 6) is -0.332. The number of nitrogens with zero attached hydrogens (tertiary/aromatic N) is 3. The van der Waals surface area contributed by atoms with E-state index in [2.05, 4.69) is 9.72 Å². The van der Waals surface area contributed by atoms with Crippen molar-refractivity contribution in [3.05, 3.63) is 60.3 Å². The van der Waals surface area contributed by atoms with Crippen LogP contribution in [-0.2, 0) is 11.3 Å². The highest BCUT2D eigenvalue weighted by atomic mass is 19.4. The van der Waals surface area contributed by atoms with Crippen molar-refractivity contribution in [2.75, 3.05) is 12.0 Å². The van der Waals surface area contributed by atoms with Crippen LogP contribution in [0.1, 0.15) is 12.5 Å². The number of pyridine rings is 1. The molecule has 2 heterocycles. The number of aromatic nitrogens is 1. The minimum Gasteiger partial charge on any atom is -0.494 e. The molecule has 0 radical (unpaired) electrons. The molecular weight excluding hydrogens is 427 g/mol. The Kier molecular flexibility index (Phi) is 5.37. The number of carbonyl (C=O) groups is 2. The van der Waals surface area contributed by atoms with Crippen molar-refractivity contribution in [3.8, 4) is 11.5 Å². The average Bonchev–Trinajstić information content (AvgIpc) is 2.96. The van der Waals surface area contributed by atoms with Crippen LogP contribution in [0.4, 0.5) is 23.7 Å². The number of para-hydroxylation sites is 1. The van der Waals surface area contributed by atoms with Gasteiger partial charge in [-0.25, -0.2) is 9.69 Å². The minimum atomic E-state index is -4.83. The van der Waals surface area contributed by atoms with Crippen LogP contribution in [0.3, 0.4) is 0 Å². The zero-order valence-corrected chi connectivity index (χ0v) is 17.1. The molecule has 3 aromatic rings. The van der Waals surface area contributed by atoms with Gasteiger partial charge in [0.1, 0.15) is 23.1 Å². The quantitative estimate of drug-likeness (QED) is 0.541. The average molecular weight is 445 g/mol. The van der Waals surface area contributed by atoms with Crippen molar-refractivity contribution in [2.24, 2.45) is 0 Å². The van der Waals surface area contributed by atoms with E-state index < -0.39 is 30.1 Å². The van der Waals surface area contributed by atoms with Crippen molar-refractivity contribution < 1.29 is 32.2 Å². The number of halogens is 3. The van der Waals surface area contributed by atoms with Gasteiger partial charge in [-0.1, -0.05) is 12.1 Å². The number of fused-ring (bicyclic) bond motifs is 1. The van der Waals surface area contributed by atoms with E-state index in [1.54, 1.807) is 25.3 Å². The lowest BCUT2D eigenvalue weighted by atomic mass is 10.1. The highest BCUT2D eigenvalue weighted by Crippen LogP contribution is 2.32. The summed E-state index contributed by atoms with van der Waals surface area (Å²) in [4.78, 5) is 32.6. The van der Waals surface area contributed by atoms with Gasteiger partial charge < -0.3 is 14.4 Å². The van der Waals surface area contributed by atoms with Gasteiger partial charge in [-0.3, -0.25) is 9.78 Å². The lowest BCUT2D eigenvalue weighted by Gasteiger charge is -2.20. The van der Waals surface area contributed by atoms with E-state index in [9.17, 15) is 22.8 Å². The van der Waals surface area contributed by atoms with E-state index >= 15 is 0 Å². The predicted molar refractivity (Wildman–Crippen MR) is 109 cm³/mol. The van der Waals surface area contributed by atoms with E-state index in [-0.39, 0.29) is 12.2 Å². The Bertz CT molecular complexity index is 1180. The van der Waals surface area contributed by atoms with Gasteiger partial charge in [-0.2, -0.15) is 0 Å². The van der Waals surface area contributed by atoms with E-state index in [4.69, 9.17) is 4.74 Å². The highest BCUT2D eigenvalue weighted by Gasteiger charge is 2.43. The summed E-state index contributed by atoms with van der Waals surface area (Å²) in [5.41, 5.74) is 1.57. The number of amides is 3. The highest BCUT2D eigenvalue weighted by molar-refractivity contribution is 6.21. The van der Waals surface area contributed by atoms with Crippen molar-refractivity contribution in [3.63, 3.8) is 0 Å². The smallest absolute Gasteiger partial charge is 0.494 e.